The van der Waals surface area contributed by atoms with Crippen LogP contribution in [-0.2, 0) is 67.0 Å². The van der Waals surface area contributed by atoms with Crippen molar-refractivity contribution in [2.45, 2.75) is 260 Å². The number of carbonyl (C=O) groups is 12. The number of carbonyl (C=O) groups excluding carboxylic acids is 12. The van der Waals surface area contributed by atoms with Gasteiger partial charge in [-0.1, -0.05) is 58.6 Å². The number of methoxy groups -OCH3 is 1. The molecule has 110 heavy (non-hydrogen) atoms. The Labute approximate surface area is 640 Å². The first-order valence-electron chi connectivity index (χ1n) is 39.3. The minimum absolute atomic E-state index is 0.00720. The number of alkyl halides is 8. The maximum Gasteiger partial charge on any atom is 0.397 e. The van der Waals surface area contributed by atoms with Crippen LogP contribution in [-0.4, -0.2) is 302 Å². The largest absolute Gasteiger partial charge is 0.397 e. The fourth-order valence-corrected chi connectivity index (χ4v) is 17.2. The van der Waals surface area contributed by atoms with E-state index in [1.165, 1.54) is 71.1 Å². The summed E-state index contributed by atoms with van der Waals surface area (Å²) >= 11 is 0. The van der Waals surface area contributed by atoms with Gasteiger partial charge in [0.05, 0.1) is 38.1 Å². The molecule has 0 aromatic rings. The molecule has 2 unspecified atom stereocenters. The summed E-state index contributed by atoms with van der Waals surface area (Å²) in [4.78, 5) is 192. The van der Waals surface area contributed by atoms with Gasteiger partial charge in [0.2, 0.25) is 70.9 Å². The molecule has 3 N–H and O–H groups in total. The van der Waals surface area contributed by atoms with Crippen LogP contribution < -0.4 is 16.0 Å². The van der Waals surface area contributed by atoms with Gasteiger partial charge in [-0.05, 0) is 140 Å². The number of rotatable bonds is 16. The lowest BCUT2D eigenvalue weighted by molar-refractivity contribution is -0.219. The quantitative estimate of drug-likeness (QED) is 0.116. The van der Waals surface area contributed by atoms with Crippen molar-refractivity contribution in [1.82, 2.24) is 60.0 Å². The Morgan fingerprint density at radius 2 is 1.29 bits per heavy atom. The van der Waals surface area contributed by atoms with Crippen LogP contribution >= 0.6 is 0 Å². The summed E-state index contributed by atoms with van der Waals surface area (Å²) in [6.45, 7) is 5.06. The number of fused-ring (bicyclic) bond motifs is 3. The van der Waals surface area contributed by atoms with E-state index >= 15 is 37.5 Å². The predicted octanol–water partition coefficient (Wildman–Crippen LogP) is 6.12. The molecule has 0 aromatic heterocycles. The monoisotopic (exact) mass is 1570 g/mol. The maximum atomic E-state index is 15.7. The van der Waals surface area contributed by atoms with Crippen LogP contribution in [0.25, 0.3) is 0 Å². The Hall–Kier alpha value is -7.26. The van der Waals surface area contributed by atoms with Gasteiger partial charge in [0.1, 0.15) is 72.1 Å². The van der Waals surface area contributed by atoms with E-state index in [-0.39, 0.29) is 110 Å². The molecule has 12 amide bonds. The Balaban J connectivity index is 1.33. The van der Waals surface area contributed by atoms with Crippen LogP contribution in [0.4, 0.5) is 35.1 Å². The smallest absolute Gasteiger partial charge is 0.383 e. The minimum atomic E-state index is -5.22. The Bertz CT molecular complexity index is 3250. The summed E-state index contributed by atoms with van der Waals surface area (Å²) in [5.41, 5.74) is -1.71. The number of likely N-dealkylation sites (N-methyl/N-ethyl adjacent to an activating group) is 7. The van der Waals surface area contributed by atoms with E-state index in [9.17, 15) is 55.1 Å². The third-order valence-corrected chi connectivity index (χ3v) is 24.3. The van der Waals surface area contributed by atoms with Crippen LogP contribution in [0.3, 0.4) is 0 Å². The molecule has 2 bridgehead atoms. The second kappa shape index (κ2) is 39.5. The highest BCUT2D eigenvalue weighted by atomic mass is 19.4. The number of nitrogens with one attached hydrogen (secondary N) is 3. The SMILES string of the molecule is CCC[C@H]1C(=O)N[C@@H]([C@@H](C)CC)C(=O)N(C)CC(=O)N(C)[C@H]2C/C=C\CCN(C2=O)[C@@H](CC2CCC(C(F)(F)F)CC2)C(=O)N(C)CC(=O)N[C@@H](CCC2CC(F)C(C(F)(F)F)C(F)C2)C(=O)N2C[C@H](OCC)C[C@H]2C(=O)NC2(CCC2)C(=O)N(C)[C@@H](C2CCCC2)C(=O)N(C)[C@H](C(=O)N(C)CCOC)CC(=O)N1C. The molecule has 1 spiro atoms. The molecule has 4 aliphatic carbocycles. The molecule has 7 aliphatic rings. The first kappa shape index (κ1) is 89.9. The van der Waals surface area contributed by atoms with Crippen molar-refractivity contribution >= 4 is 70.9 Å². The van der Waals surface area contributed by atoms with E-state index in [2.05, 4.69) is 16.0 Å². The van der Waals surface area contributed by atoms with E-state index in [0.29, 0.717) is 44.9 Å². The maximum absolute atomic E-state index is 15.7. The molecule has 26 nitrogen and oxygen atoms in total. The van der Waals surface area contributed by atoms with Crippen LogP contribution in [0, 0.1) is 35.5 Å². The molecule has 34 heteroatoms. The van der Waals surface area contributed by atoms with Crippen LogP contribution in [0.15, 0.2) is 12.2 Å². The minimum Gasteiger partial charge on any atom is -0.383 e. The van der Waals surface area contributed by atoms with Crippen molar-refractivity contribution in [1.29, 1.82) is 0 Å². The average molecular weight is 1580 g/mol. The number of halogens is 8. The topological polar surface area (TPSA) is 289 Å². The van der Waals surface area contributed by atoms with Gasteiger partial charge in [-0.2, -0.15) is 26.3 Å². The van der Waals surface area contributed by atoms with Crippen molar-refractivity contribution in [2.24, 2.45) is 35.5 Å². The highest BCUT2D eigenvalue weighted by Gasteiger charge is 2.56. The van der Waals surface area contributed by atoms with E-state index in [1.807, 2.05) is 0 Å². The van der Waals surface area contributed by atoms with E-state index < -0.39 is 230 Å². The number of hydrogen-bond acceptors (Lipinski definition) is 14. The van der Waals surface area contributed by atoms with Crippen molar-refractivity contribution in [3.05, 3.63) is 12.2 Å². The molecule has 2 saturated heterocycles. The zero-order valence-electron chi connectivity index (χ0n) is 65.9. The first-order chi connectivity index (χ1) is 51.7. The Kier molecular flexibility index (Phi) is 32.3. The molecular weight excluding hydrogens is 1460 g/mol. The number of hydrogen-bond donors (Lipinski definition) is 3. The fraction of sp³-hybridized carbons (Fsp3) is 0.816. The number of ether oxygens (including phenoxy) is 2. The fourth-order valence-electron chi connectivity index (χ4n) is 17.2. The summed E-state index contributed by atoms with van der Waals surface area (Å²) in [6, 6.07) is -11.5. The molecule has 6 fully saturated rings. The zero-order chi connectivity index (χ0) is 81.6. The van der Waals surface area contributed by atoms with E-state index in [4.69, 9.17) is 9.47 Å². The summed E-state index contributed by atoms with van der Waals surface area (Å²) in [5, 5.41) is 8.40. The standard InChI is InChI=1S/C76H118F8N12O14/c1-13-22-54-65(100)86-63(45(4)14-2)71(106)90(7)44-61(99)92(9)55-25-17-16-20-34-95(70(55)105)58(39-46-26-29-49(30-27-46)75(79,80)81)69(104)89(6)43-59(97)85-53(31-28-47-37-51(77)62(52(78)38-47)76(82,83)84)67(102)96-42-50(110-15-3)40-56(96)66(101)87-74(32-21-33-74)73(108)94(11)64(48-23-18-19-24-48)72(107)93(10)57(41-60(98)91(54)8)68(103)88(5)35-36-109-12/h16-17,45-58,62-64H,13-15,18-44H2,1-12H3,(H,85,97)(H,86,100)(H,87,101)/b17-16-/t45-,46?,47?,49?,50+,51?,52?,53-,54-,55-,56-,57-,58-,62?,63-,64-/m0/s1. The molecular formula is C76H118F8N12O14. The van der Waals surface area contributed by atoms with Crippen molar-refractivity contribution < 1.29 is 102 Å². The van der Waals surface area contributed by atoms with Gasteiger partial charge in [0, 0.05) is 89.1 Å². The summed E-state index contributed by atoms with van der Waals surface area (Å²) in [6.07, 6.45) is -13.0. The molecule has 12 atom stereocenters. The summed E-state index contributed by atoms with van der Waals surface area (Å²) in [5.74, 6) is -16.9. The lowest BCUT2D eigenvalue weighted by atomic mass is 9.74. The molecule has 4 saturated carbocycles. The van der Waals surface area contributed by atoms with Gasteiger partial charge in [-0.15, -0.1) is 0 Å². The molecule has 3 aliphatic heterocycles. The molecule has 622 valence electrons. The van der Waals surface area contributed by atoms with Gasteiger partial charge >= 0.3 is 12.4 Å². The zero-order valence-corrected chi connectivity index (χ0v) is 65.9. The molecule has 3 heterocycles. The predicted molar refractivity (Wildman–Crippen MR) is 387 cm³/mol. The third kappa shape index (κ3) is 21.9. The normalized spacial score (nSPS) is 31.6. The highest BCUT2D eigenvalue weighted by molar-refractivity contribution is 6.01. The summed E-state index contributed by atoms with van der Waals surface area (Å²) < 4.78 is 127. The van der Waals surface area contributed by atoms with E-state index in [0.717, 1.165) is 29.4 Å². The molecule has 7 rings (SSSR count). The lowest BCUT2D eigenvalue weighted by Gasteiger charge is -2.46. The van der Waals surface area contributed by atoms with Gasteiger partial charge in [0.25, 0.3) is 0 Å². The second-order valence-electron chi connectivity index (χ2n) is 31.8. The average Bonchev–Trinajstić information content (AvgIpc) is 1.09. The first-order valence-corrected chi connectivity index (χ1v) is 39.3. The third-order valence-electron chi connectivity index (χ3n) is 24.3. The van der Waals surface area contributed by atoms with Crippen molar-refractivity contribution in [2.75, 3.05) is 102 Å². The lowest BCUT2D eigenvalue weighted by Crippen LogP contribution is -2.68. The van der Waals surface area contributed by atoms with Crippen molar-refractivity contribution in [3.8, 4) is 0 Å². The van der Waals surface area contributed by atoms with Crippen LogP contribution in [0.2, 0.25) is 0 Å². The van der Waals surface area contributed by atoms with Gasteiger partial charge in [-0.25, -0.2) is 8.78 Å². The Morgan fingerprint density at radius 3 is 1.86 bits per heavy atom. The van der Waals surface area contributed by atoms with Crippen LogP contribution in [0.5, 0.6) is 0 Å². The van der Waals surface area contributed by atoms with Crippen LogP contribution in [0.1, 0.15) is 175 Å². The summed E-state index contributed by atoms with van der Waals surface area (Å²) in [7, 11) is 10.9. The van der Waals surface area contributed by atoms with Gasteiger partial charge in [-0.3, -0.25) is 57.5 Å². The van der Waals surface area contributed by atoms with Crippen molar-refractivity contribution in [3.63, 3.8) is 0 Å². The molecule has 0 aromatic carbocycles. The number of nitrogens with zero attached hydrogens (tertiary/aromatic N) is 9. The second-order valence-corrected chi connectivity index (χ2v) is 31.8. The number of amides is 12. The van der Waals surface area contributed by atoms with Gasteiger partial charge in [0.15, 0.2) is 0 Å². The highest BCUT2D eigenvalue weighted by Crippen LogP contribution is 2.46. The Morgan fingerprint density at radius 1 is 0.655 bits per heavy atom. The molecule has 0 radical (unpaired) electrons. The van der Waals surface area contributed by atoms with E-state index in [1.54, 1.807) is 39.8 Å². The van der Waals surface area contributed by atoms with Gasteiger partial charge < -0.3 is 69.5 Å².